The van der Waals surface area contributed by atoms with Gasteiger partial charge in [0, 0.05) is 12.1 Å². The fourth-order valence-electron chi connectivity index (χ4n) is 2.90. The minimum absolute atomic E-state index is 0.0209. The van der Waals surface area contributed by atoms with E-state index in [0.29, 0.717) is 6.61 Å². The topological polar surface area (TPSA) is 62.3 Å². The lowest BCUT2D eigenvalue weighted by molar-refractivity contribution is 0.117. The summed E-state index contributed by atoms with van der Waals surface area (Å²) in [6, 6.07) is 10.5. The molecule has 0 radical (unpaired) electrons. The molecule has 0 bridgehead atoms. The molecule has 2 heterocycles. The number of nitrogens with zero attached hydrogens (tertiary/aromatic N) is 2. The van der Waals surface area contributed by atoms with Crippen molar-refractivity contribution in [3.8, 4) is 11.8 Å². The van der Waals surface area contributed by atoms with E-state index >= 15 is 0 Å². The Morgan fingerprint density at radius 3 is 3.00 bits per heavy atom. The molecule has 2 N–H and O–H groups in total. The van der Waals surface area contributed by atoms with Crippen LogP contribution in [0.1, 0.15) is 18.0 Å². The number of likely N-dealkylation sites (tertiary alicyclic amines) is 1. The third-order valence-corrected chi connectivity index (χ3v) is 3.97. The number of nitriles is 1. The molecule has 18 heavy (non-hydrogen) atoms. The second-order valence-electron chi connectivity index (χ2n) is 5.05. The van der Waals surface area contributed by atoms with Crippen molar-refractivity contribution < 1.29 is 4.74 Å². The maximum atomic E-state index is 8.97. The summed E-state index contributed by atoms with van der Waals surface area (Å²) < 4.78 is 5.78. The normalized spacial score (nSPS) is 31.4. The van der Waals surface area contributed by atoms with E-state index in [-0.39, 0.29) is 18.0 Å². The van der Waals surface area contributed by atoms with Gasteiger partial charge in [0.2, 0.25) is 0 Å². The van der Waals surface area contributed by atoms with Crippen molar-refractivity contribution in [3.05, 3.63) is 29.8 Å². The van der Waals surface area contributed by atoms with Gasteiger partial charge in [0.15, 0.2) is 0 Å². The number of nitrogens with two attached hydrogens (primary N) is 1. The van der Waals surface area contributed by atoms with Crippen LogP contribution in [0.5, 0.6) is 5.75 Å². The van der Waals surface area contributed by atoms with Gasteiger partial charge in [-0.1, -0.05) is 18.2 Å². The molecule has 2 aliphatic rings. The highest BCUT2D eigenvalue weighted by molar-refractivity contribution is 5.38. The van der Waals surface area contributed by atoms with Gasteiger partial charge >= 0.3 is 0 Å². The van der Waals surface area contributed by atoms with E-state index in [2.05, 4.69) is 11.0 Å². The largest absolute Gasteiger partial charge is 0.492 e. The van der Waals surface area contributed by atoms with Gasteiger partial charge in [0.25, 0.3) is 0 Å². The maximum absolute atomic E-state index is 8.97. The summed E-state index contributed by atoms with van der Waals surface area (Å²) in [5.74, 6) is 1.05. The van der Waals surface area contributed by atoms with E-state index in [1.165, 1.54) is 0 Å². The molecule has 3 atom stereocenters. The van der Waals surface area contributed by atoms with Gasteiger partial charge in [-0.15, -0.1) is 0 Å². The van der Waals surface area contributed by atoms with Crippen molar-refractivity contribution in [2.24, 2.45) is 11.7 Å². The number of hydrogen-bond donors (Lipinski definition) is 1. The molecule has 0 unspecified atom stereocenters. The van der Waals surface area contributed by atoms with Crippen molar-refractivity contribution >= 4 is 0 Å². The first-order valence-electron chi connectivity index (χ1n) is 6.40. The Labute approximate surface area is 107 Å². The summed E-state index contributed by atoms with van der Waals surface area (Å²) in [4.78, 5) is 2.30. The van der Waals surface area contributed by atoms with Crippen molar-refractivity contribution in [1.29, 1.82) is 5.26 Å². The molecule has 1 fully saturated rings. The lowest BCUT2D eigenvalue weighted by Crippen LogP contribution is -2.47. The van der Waals surface area contributed by atoms with E-state index in [9.17, 15) is 0 Å². The standard InChI is InChI=1S/C14H17N3O/c15-7-10-5-6-17(8-10)12-9-18-13-4-2-1-3-11(13)14(12)16/h1-4,10,12,14H,5-6,8-9,16H2/t10-,12-,14-/m0/s1. The molecular weight excluding hydrogens is 226 g/mol. The van der Waals surface area contributed by atoms with Gasteiger partial charge in [0.05, 0.1) is 24.1 Å². The van der Waals surface area contributed by atoms with Crippen LogP contribution in [0.2, 0.25) is 0 Å². The smallest absolute Gasteiger partial charge is 0.124 e. The Morgan fingerprint density at radius 2 is 2.22 bits per heavy atom. The van der Waals surface area contributed by atoms with E-state index in [0.717, 1.165) is 30.8 Å². The Bertz CT molecular complexity index is 482. The average Bonchev–Trinajstić information content (AvgIpc) is 2.88. The molecule has 0 aliphatic carbocycles. The highest BCUT2D eigenvalue weighted by Gasteiger charge is 2.36. The van der Waals surface area contributed by atoms with Crippen molar-refractivity contribution in [3.63, 3.8) is 0 Å². The first-order valence-corrected chi connectivity index (χ1v) is 6.40. The van der Waals surface area contributed by atoms with Crippen LogP contribution in [0.3, 0.4) is 0 Å². The van der Waals surface area contributed by atoms with E-state index < -0.39 is 0 Å². The SMILES string of the molecule is N#C[C@@H]1CCN([C@H]2COc3ccccc3[C@@H]2N)C1. The molecule has 94 valence electrons. The molecule has 4 heteroatoms. The summed E-state index contributed by atoms with van der Waals surface area (Å²) in [5, 5.41) is 8.97. The lowest BCUT2D eigenvalue weighted by atomic mass is 9.96. The van der Waals surface area contributed by atoms with Crippen LogP contribution in [0.4, 0.5) is 0 Å². The summed E-state index contributed by atoms with van der Waals surface area (Å²) in [5.41, 5.74) is 7.43. The first-order chi connectivity index (χ1) is 8.79. The summed E-state index contributed by atoms with van der Waals surface area (Å²) in [6.45, 7) is 2.39. The molecule has 4 nitrogen and oxygen atoms in total. The predicted molar refractivity (Wildman–Crippen MR) is 67.9 cm³/mol. The van der Waals surface area contributed by atoms with Crippen LogP contribution < -0.4 is 10.5 Å². The zero-order valence-corrected chi connectivity index (χ0v) is 10.2. The van der Waals surface area contributed by atoms with E-state index in [1.54, 1.807) is 0 Å². The molecule has 1 aromatic carbocycles. The number of fused-ring (bicyclic) bond motifs is 1. The minimum atomic E-state index is -0.0209. The summed E-state index contributed by atoms with van der Waals surface area (Å²) >= 11 is 0. The molecular formula is C14H17N3O. The van der Waals surface area contributed by atoms with Crippen LogP contribution >= 0.6 is 0 Å². The van der Waals surface area contributed by atoms with Crippen LogP contribution in [-0.4, -0.2) is 30.6 Å². The molecule has 0 aromatic heterocycles. The van der Waals surface area contributed by atoms with E-state index in [1.807, 2.05) is 24.3 Å². The Kier molecular flexibility index (Phi) is 2.94. The third kappa shape index (κ3) is 1.86. The van der Waals surface area contributed by atoms with Crippen LogP contribution in [0.25, 0.3) is 0 Å². The molecule has 1 aromatic rings. The quantitative estimate of drug-likeness (QED) is 0.807. The fraction of sp³-hybridized carbons (Fsp3) is 0.500. The zero-order valence-electron chi connectivity index (χ0n) is 10.2. The van der Waals surface area contributed by atoms with Crippen LogP contribution in [0, 0.1) is 17.2 Å². The number of para-hydroxylation sites is 1. The van der Waals surface area contributed by atoms with Crippen molar-refractivity contribution in [2.75, 3.05) is 19.7 Å². The summed E-state index contributed by atoms with van der Waals surface area (Å²) in [6.07, 6.45) is 0.946. The Hall–Kier alpha value is -1.57. The maximum Gasteiger partial charge on any atom is 0.124 e. The van der Waals surface area contributed by atoms with Crippen LogP contribution in [-0.2, 0) is 0 Å². The second-order valence-corrected chi connectivity index (χ2v) is 5.05. The molecule has 0 amide bonds. The first kappa shape index (κ1) is 11.5. The Morgan fingerprint density at radius 1 is 1.39 bits per heavy atom. The van der Waals surface area contributed by atoms with Crippen LogP contribution in [0.15, 0.2) is 24.3 Å². The molecule has 3 rings (SSSR count). The highest BCUT2D eigenvalue weighted by Crippen LogP contribution is 2.34. The molecule has 1 saturated heterocycles. The fourth-order valence-corrected chi connectivity index (χ4v) is 2.90. The van der Waals surface area contributed by atoms with Crippen molar-refractivity contribution in [2.45, 2.75) is 18.5 Å². The molecule has 2 aliphatic heterocycles. The lowest BCUT2D eigenvalue weighted by Gasteiger charge is -2.36. The monoisotopic (exact) mass is 243 g/mol. The Balaban J connectivity index is 1.79. The van der Waals surface area contributed by atoms with Gasteiger partial charge in [-0.25, -0.2) is 0 Å². The van der Waals surface area contributed by atoms with Gasteiger partial charge in [-0.05, 0) is 19.0 Å². The molecule has 0 saturated carbocycles. The van der Waals surface area contributed by atoms with E-state index in [4.69, 9.17) is 15.7 Å². The summed E-state index contributed by atoms with van der Waals surface area (Å²) in [7, 11) is 0. The number of rotatable bonds is 1. The number of benzene rings is 1. The van der Waals surface area contributed by atoms with Gasteiger partial charge in [0.1, 0.15) is 12.4 Å². The second kappa shape index (κ2) is 4.60. The van der Waals surface area contributed by atoms with Gasteiger partial charge < -0.3 is 10.5 Å². The van der Waals surface area contributed by atoms with Gasteiger partial charge in [-0.3, -0.25) is 4.90 Å². The number of hydrogen-bond acceptors (Lipinski definition) is 4. The zero-order chi connectivity index (χ0) is 12.5. The van der Waals surface area contributed by atoms with Crippen molar-refractivity contribution in [1.82, 2.24) is 4.90 Å². The highest BCUT2D eigenvalue weighted by atomic mass is 16.5. The average molecular weight is 243 g/mol. The number of ether oxygens (including phenoxy) is 1. The minimum Gasteiger partial charge on any atom is -0.492 e. The third-order valence-electron chi connectivity index (χ3n) is 3.97. The van der Waals surface area contributed by atoms with Gasteiger partial charge in [-0.2, -0.15) is 5.26 Å². The predicted octanol–water partition coefficient (Wildman–Crippen LogP) is 1.29. The molecule has 0 spiro atoms.